The van der Waals surface area contributed by atoms with Crippen LogP contribution < -0.4 is 11.1 Å². The predicted molar refractivity (Wildman–Crippen MR) is 61.8 cm³/mol. The molecular weight excluding hydrogens is 204 g/mol. The van der Waals surface area contributed by atoms with Gasteiger partial charge >= 0.3 is 0 Å². The van der Waals surface area contributed by atoms with Gasteiger partial charge in [0.2, 0.25) is 5.91 Å². The molecule has 1 aliphatic rings. The minimum atomic E-state index is -0.371. The summed E-state index contributed by atoms with van der Waals surface area (Å²) in [5, 5.41) is 7.50. The third-order valence-corrected chi connectivity index (χ3v) is 3.02. The molecule has 0 radical (unpaired) electrons. The van der Waals surface area contributed by atoms with Crippen LogP contribution in [0.25, 0.3) is 0 Å². The van der Waals surface area contributed by atoms with Crippen molar-refractivity contribution in [2.45, 2.75) is 38.8 Å². The van der Waals surface area contributed by atoms with Gasteiger partial charge in [0.25, 0.3) is 0 Å². The monoisotopic (exact) mass is 222 g/mol. The molecule has 1 heterocycles. The van der Waals surface area contributed by atoms with E-state index in [9.17, 15) is 4.79 Å². The van der Waals surface area contributed by atoms with E-state index >= 15 is 0 Å². The number of nitrogens with two attached hydrogens (primary N) is 1. The first-order chi connectivity index (χ1) is 7.63. The molecule has 0 aliphatic heterocycles. The Labute approximate surface area is 95.0 Å². The van der Waals surface area contributed by atoms with Crippen LogP contribution in [0.1, 0.15) is 26.2 Å². The Kier molecular flexibility index (Phi) is 3.12. The van der Waals surface area contributed by atoms with E-state index in [0.717, 1.165) is 11.6 Å². The Bertz CT molecular complexity index is 374. The first kappa shape index (κ1) is 11.0. The van der Waals surface area contributed by atoms with E-state index in [4.69, 9.17) is 5.73 Å². The molecular formula is C11H18N4O. The van der Waals surface area contributed by atoms with Gasteiger partial charge in [0.1, 0.15) is 6.54 Å². The fourth-order valence-electron chi connectivity index (χ4n) is 2.26. The predicted octanol–water partition coefficient (Wildman–Crippen LogP) is 0.969. The molecule has 88 valence electrons. The van der Waals surface area contributed by atoms with E-state index in [1.165, 1.54) is 19.3 Å². The van der Waals surface area contributed by atoms with Crippen molar-refractivity contribution >= 4 is 11.6 Å². The largest absolute Gasteiger partial charge is 0.380 e. The van der Waals surface area contributed by atoms with Gasteiger partial charge in [0.05, 0.1) is 11.9 Å². The van der Waals surface area contributed by atoms with Crippen molar-refractivity contribution in [3.05, 3.63) is 12.4 Å². The number of anilines is 1. The first-order valence-corrected chi connectivity index (χ1v) is 5.71. The Morgan fingerprint density at radius 3 is 3.12 bits per heavy atom. The number of carbonyl (C=O) groups excluding carboxylic acids is 1. The molecule has 2 unspecified atom stereocenters. The summed E-state index contributed by atoms with van der Waals surface area (Å²) in [5.41, 5.74) is 6.07. The second kappa shape index (κ2) is 4.55. The van der Waals surface area contributed by atoms with Crippen LogP contribution in [0.3, 0.4) is 0 Å². The standard InChI is InChI=1S/C11H18N4O/c1-8-2-3-9(4-8)14-10-5-13-15(6-10)7-11(12)16/h5-6,8-9,14H,2-4,7H2,1H3,(H2,12,16). The molecule has 1 aromatic rings. The van der Waals surface area contributed by atoms with Crippen LogP contribution in [0.4, 0.5) is 5.69 Å². The Morgan fingerprint density at radius 2 is 2.50 bits per heavy atom. The molecule has 1 amide bonds. The summed E-state index contributed by atoms with van der Waals surface area (Å²) < 4.78 is 1.56. The molecule has 2 rings (SSSR count). The maximum Gasteiger partial charge on any atom is 0.239 e. The van der Waals surface area contributed by atoms with Crippen molar-refractivity contribution in [1.29, 1.82) is 0 Å². The third-order valence-electron chi connectivity index (χ3n) is 3.02. The summed E-state index contributed by atoms with van der Waals surface area (Å²) in [7, 11) is 0. The molecule has 3 N–H and O–H groups in total. The summed E-state index contributed by atoms with van der Waals surface area (Å²) in [5.74, 6) is 0.433. The van der Waals surface area contributed by atoms with Gasteiger partial charge in [-0.3, -0.25) is 9.48 Å². The number of carbonyl (C=O) groups is 1. The quantitative estimate of drug-likeness (QED) is 0.797. The molecule has 0 bridgehead atoms. The lowest BCUT2D eigenvalue weighted by Gasteiger charge is -2.11. The number of amides is 1. The van der Waals surface area contributed by atoms with Crippen LogP contribution in [-0.2, 0) is 11.3 Å². The van der Waals surface area contributed by atoms with Crippen LogP contribution in [-0.4, -0.2) is 21.7 Å². The van der Waals surface area contributed by atoms with Gasteiger partial charge in [-0.25, -0.2) is 0 Å². The van der Waals surface area contributed by atoms with Crippen LogP contribution in [0.5, 0.6) is 0 Å². The molecule has 1 aromatic heterocycles. The number of rotatable bonds is 4. The van der Waals surface area contributed by atoms with E-state index in [-0.39, 0.29) is 12.5 Å². The topological polar surface area (TPSA) is 72.9 Å². The van der Waals surface area contributed by atoms with E-state index in [2.05, 4.69) is 17.3 Å². The van der Waals surface area contributed by atoms with Crippen LogP contribution in [0.2, 0.25) is 0 Å². The zero-order valence-corrected chi connectivity index (χ0v) is 9.52. The van der Waals surface area contributed by atoms with E-state index in [1.54, 1.807) is 10.9 Å². The number of nitrogens with zero attached hydrogens (tertiary/aromatic N) is 2. The Morgan fingerprint density at radius 1 is 1.69 bits per heavy atom. The molecule has 5 heteroatoms. The summed E-state index contributed by atoms with van der Waals surface area (Å²) in [6, 6.07) is 0.543. The van der Waals surface area contributed by atoms with Crippen LogP contribution >= 0.6 is 0 Å². The SMILES string of the molecule is CC1CCC(Nc2cnn(CC(N)=O)c2)C1. The summed E-state index contributed by atoms with van der Waals surface area (Å²) >= 11 is 0. The second-order valence-electron chi connectivity index (χ2n) is 4.65. The van der Waals surface area contributed by atoms with Crippen molar-refractivity contribution in [3.63, 3.8) is 0 Å². The molecule has 16 heavy (non-hydrogen) atoms. The van der Waals surface area contributed by atoms with Gasteiger partial charge in [-0.15, -0.1) is 0 Å². The molecule has 1 saturated carbocycles. The maximum atomic E-state index is 10.7. The average molecular weight is 222 g/mol. The first-order valence-electron chi connectivity index (χ1n) is 5.71. The lowest BCUT2D eigenvalue weighted by atomic mass is 10.1. The third kappa shape index (κ3) is 2.74. The molecule has 2 atom stereocenters. The van der Waals surface area contributed by atoms with Crippen molar-refractivity contribution in [1.82, 2.24) is 9.78 Å². The summed E-state index contributed by atoms with van der Waals surface area (Å²) in [6.45, 7) is 2.42. The lowest BCUT2D eigenvalue weighted by molar-refractivity contribution is -0.118. The number of hydrogen-bond donors (Lipinski definition) is 2. The van der Waals surface area contributed by atoms with Gasteiger partial charge in [-0.1, -0.05) is 6.92 Å². The van der Waals surface area contributed by atoms with Gasteiger partial charge in [-0.2, -0.15) is 5.10 Å². The molecule has 0 spiro atoms. The Balaban J connectivity index is 1.90. The molecule has 0 saturated heterocycles. The minimum Gasteiger partial charge on any atom is -0.380 e. The van der Waals surface area contributed by atoms with Crippen molar-refractivity contribution < 1.29 is 4.79 Å². The highest BCUT2D eigenvalue weighted by atomic mass is 16.1. The smallest absolute Gasteiger partial charge is 0.239 e. The fourth-order valence-corrected chi connectivity index (χ4v) is 2.26. The minimum absolute atomic E-state index is 0.142. The molecule has 0 aromatic carbocycles. The van der Waals surface area contributed by atoms with E-state index < -0.39 is 0 Å². The summed E-state index contributed by atoms with van der Waals surface area (Å²) in [4.78, 5) is 10.7. The highest BCUT2D eigenvalue weighted by Gasteiger charge is 2.21. The van der Waals surface area contributed by atoms with Crippen LogP contribution in [0.15, 0.2) is 12.4 Å². The zero-order valence-electron chi connectivity index (χ0n) is 9.52. The number of hydrogen-bond acceptors (Lipinski definition) is 3. The van der Waals surface area contributed by atoms with Gasteiger partial charge < -0.3 is 11.1 Å². The second-order valence-corrected chi connectivity index (χ2v) is 4.65. The average Bonchev–Trinajstić information content (AvgIpc) is 2.76. The van der Waals surface area contributed by atoms with Crippen LogP contribution in [0, 0.1) is 5.92 Å². The molecule has 1 aliphatic carbocycles. The number of primary amides is 1. The Hall–Kier alpha value is -1.52. The highest BCUT2D eigenvalue weighted by Crippen LogP contribution is 2.27. The van der Waals surface area contributed by atoms with Crippen molar-refractivity contribution in [2.24, 2.45) is 11.7 Å². The van der Waals surface area contributed by atoms with Gasteiger partial charge in [-0.05, 0) is 25.2 Å². The fraction of sp³-hybridized carbons (Fsp3) is 0.636. The van der Waals surface area contributed by atoms with Gasteiger partial charge in [0.15, 0.2) is 0 Å². The lowest BCUT2D eigenvalue weighted by Crippen LogP contribution is -2.19. The van der Waals surface area contributed by atoms with Crippen molar-refractivity contribution in [2.75, 3.05) is 5.32 Å². The zero-order chi connectivity index (χ0) is 11.5. The van der Waals surface area contributed by atoms with Gasteiger partial charge in [0, 0.05) is 12.2 Å². The normalized spacial score (nSPS) is 24.6. The number of nitrogens with one attached hydrogen (secondary N) is 1. The molecule has 1 fully saturated rings. The summed E-state index contributed by atoms with van der Waals surface area (Å²) in [6.07, 6.45) is 7.27. The van der Waals surface area contributed by atoms with E-state index in [1.807, 2.05) is 6.20 Å². The number of aromatic nitrogens is 2. The highest BCUT2D eigenvalue weighted by molar-refractivity contribution is 5.73. The van der Waals surface area contributed by atoms with E-state index in [0.29, 0.717) is 6.04 Å². The van der Waals surface area contributed by atoms with Crippen molar-refractivity contribution in [3.8, 4) is 0 Å². The molecule has 5 nitrogen and oxygen atoms in total. The maximum absolute atomic E-state index is 10.7.